The number of hydrogen-bond donors (Lipinski definition) is 2. The summed E-state index contributed by atoms with van der Waals surface area (Å²) in [7, 11) is 1.65. The average Bonchev–Trinajstić information content (AvgIpc) is 2.74. The number of nitrogen functional groups attached to an aromatic ring is 1. The summed E-state index contributed by atoms with van der Waals surface area (Å²) >= 11 is 4.09. The molecule has 0 radical (unpaired) electrons. The molecule has 0 fully saturated rings. The van der Waals surface area contributed by atoms with Crippen molar-refractivity contribution >= 4 is 34.6 Å². The standard InChI is InChI=1S/C22H20ClFN2O4S/c1-26(31(29)17-6-7-19(23)20(24)11-17)12-14-5-8-21(30-13-22(27)28)18(9-14)15-3-2-4-16(25)10-15/h2-11H,12-13,25H2,1H3,(H,27,28). The van der Waals surface area contributed by atoms with Crippen LogP contribution >= 0.6 is 11.6 Å². The highest BCUT2D eigenvalue weighted by atomic mass is 35.5. The number of rotatable bonds is 8. The van der Waals surface area contributed by atoms with Crippen LogP contribution in [0, 0.1) is 5.82 Å². The van der Waals surface area contributed by atoms with Crippen LogP contribution in [-0.4, -0.2) is 33.6 Å². The van der Waals surface area contributed by atoms with Crippen molar-refractivity contribution in [3.8, 4) is 16.9 Å². The highest BCUT2D eigenvalue weighted by Gasteiger charge is 2.21. The van der Waals surface area contributed by atoms with Gasteiger partial charge in [-0.05, 0) is 47.5 Å². The molecule has 0 bridgehead atoms. The first-order chi connectivity index (χ1) is 14.7. The minimum Gasteiger partial charge on any atom is -0.593 e. The molecule has 3 aromatic rings. The second kappa shape index (κ2) is 10.0. The molecule has 0 heterocycles. The molecular formula is C22H20ClFN2O4S. The smallest absolute Gasteiger partial charge is 0.341 e. The third-order valence-electron chi connectivity index (χ3n) is 4.37. The van der Waals surface area contributed by atoms with E-state index < -0.39 is 29.8 Å². The highest BCUT2D eigenvalue weighted by molar-refractivity contribution is 7.89. The molecule has 1 atom stereocenters. The number of anilines is 1. The van der Waals surface area contributed by atoms with Gasteiger partial charge in [-0.2, -0.15) is 0 Å². The van der Waals surface area contributed by atoms with Crippen LogP contribution in [0.1, 0.15) is 5.56 Å². The summed E-state index contributed by atoms with van der Waals surface area (Å²) in [6, 6.07) is 16.4. The third kappa shape index (κ3) is 5.89. The molecule has 1 unspecified atom stereocenters. The Morgan fingerprint density at radius 1 is 1.23 bits per heavy atom. The van der Waals surface area contributed by atoms with E-state index in [0.29, 0.717) is 21.9 Å². The molecule has 0 aliphatic rings. The monoisotopic (exact) mass is 462 g/mol. The molecule has 0 saturated heterocycles. The largest absolute Gasteiger partial charge is 0.593 e. The summed E-state index contributed by atoms with van der Waals surface area (Å²) in [4.78, 5) is 11.2. The SMILES string of the molecule is CN(Cc1ccc(OCC(=O)O)c(-c2cccc(N)c2)c1)[S+]([O-])c1ccc(Cl)c(F)c1. The van der Waals surface area contributed by atoms with Crippen molar-refractivity contribution in [2.75, 3.05) is 19.4 Å². The molecular weight excluding hydrogens is 443 g/mol. The number of halogens is 2. The molecule has 162 valence electrons. The molecule has 0 aliphatic heterocycles. The Kier molecular flexibility index (Phi) is 7.40. The van der Waals surface area contributed by atoms with Gasteiger partial charge in [-0.25, -0.2) is 9.18 Å². The van der Waals surface area contributed by atoms with Crippen LogP contribution in [0.4, 0.5) is 10.1 Å². The van der Waals surface area contributed by atoms with E-state index in [4.69, 9.17) is 27.2 Å². The quantitative estimate of drug-likeness (QED) is 0.381. The van der Waals surface area contributed by atoms with Gasteiger partial charge in [-0.15, -0.1) is 4.31 Å². The van der Waals surface area contributed by atoms with Crippen molar-refractivity contribution in [1.82, 2.24) is 4.31 Å². The zero-order valence-electron chi connectivity index (χ0n) is 16.5. The Morgan fingerprint density at radius 2 is 2.00 bits per heavy atom. The molecule has 0 saturated carbocycles. The zero-order chi connectivity index (χ0) is 22.5. The van der Waals surface area contributed by atoms with Crippen LogP contribution < -0.4 is 10.5 Å². The summed E-state index contributed by atoms with van der Waals surface area (Å²) in [5.74, 6) is -1.34. The van der Waals surface area contributed by atoms with Gasteiger partial charge in [-0.1, -0.05) is 29.8 Å². The maximum absolute atomic E-state index is 13.7. The van der Waals surface area contributed by atoms with Crippen LogP contribution in [0.5, 0.6) is 5.75 Å². The number of carboxylic acids is 1. The van der Waals surface area contributed by atoms with E-state index in [1.165, 1.54) is 12.1 Å². The van der Waals surface area contributed by atoms with Crippen molar-refractivity contribution < 1.29 is 23.6 Å². The van der Waals surface area contributed by atoms with Gasteiger partial charge >= 0.3 is 5.97 Å². The van der Waals surface area contributed by atoms with E-state index >= 15 is 0 Å². The van der Waals surface area contributed by atoms with Crippen molar-refractivity contribution in [1.29, 1.82) is 0 Å². The maximum Gasteiger partial charge on any atom is 0.341 e. The fourth-order valence-electron chi connectivity index (χ4n) is 2.95. The lowest BCUT2D eigenvalue weighted by Crippen LogP contribution is -2.26. The molecule has 0 amide bonds. The van der Waals surface area contributed by atoms with E-state index in [-0.39, 0.29) is 11.6 Å². The number of carbonyl (C=O) groups is 1. The zero-order valence-corrected chi connectivity index (χ0v) is 18.1. The lowest BCUT2D eigenvalue weighted by molar-refractivity contribution is -0.139. The number of ether oxygens (including phenoxy) is 1. The molecule has 0 aromatic heterocycles. The predicted octanol–water partition coefficient (Wildman–Crippen LogP) is 4.35. The van der Waals surface area contributed by atoms with Crippen LogP contribution in [-0.2, 0) is 22.7 Å². The molecule has 6 nitrogen and oxygen atoms in total. The lowest BCUT2D eigenvalue weighted by atomic mass is 10.0. The fourth-order valence-corrected chi connectivity index (χ4v) is 4.09. The first kappa shape index (κ1) is 22.9. The van der Waals surface area contributed by atoms with E-state index in [0.717, 1.165) is 17.2 Å². The average molecular weight is 463 g/mol. The van der Waals surface area contributed by atoms with E-state index in [1.807, 2.05) is 12.1 Å². The van der Waals surface area contributed by atoms with Gasteiger partial charge in [0.1, 0.15) is 11.6 Å². The molecule has 3 rings (SSSR count). The Bertz CT molecular complexity index is 1100. The Morgan fingerprint density at radius 3 is 2.68 bits per heavy atom. The molecule has 0 aliphatic carbocycles. The number of nitrogens with zero attached hydrogens (tertiary/aromatic N) is 1. The minimum atomic E-state index is -1.61. The van der Waals surface area contributed by atoms with Gasteiger partial charge in [0.05, 0.1) is 22.9 Å². The van der Waals surface area contributed by atoms with Crippen LogP contribution in [0.25, 0.3) is 11.1 Å². The van der Waals surface area contributed by atoms with Gasteiger partial charge < -0.3 is 20.1 Å². The molecule has 9 heteroatoms. The summed E-state index contributed by atoms with van der Waals surface area (Å²) in [5, 5.41) is 8.90. The Hall–Kier alpha value is -2.78. The van der Waals surface area contributed by atoms with Crippen molar-refractivity contribution in [3.63, 3.8) is 0 Å². The summed E-state index contributed by atoms with van der Waals surface area (Å²) in [6.45, 7) is -0.202. The second-order valence-electron chi connectivity index (χ2n) is 6.75. The van der Waals surface area contributed by atoms with Gasteiger partial charge in [0, 0.05) is 24.4 Å². The second-order valence-corrected chi connectivity index (χ2v) is 8.75. The van der Waals surface area contributed by atoms with Crippen LogP contribution in [0.3, 0.4) is 0 Å². The Balaban J connectivity index is 1.87. The highest BCUT2D eigenvalue weighted by Crippen LogP contribution is 2.33. The molecule has 3 aromatic carbocycles. The van der Waals surface area contributed by atoms with Crippen LogP contribution in [0.2, 0.25) is 5.02 Å². The van der Waals surface area contributed by atoms with E-state index in [2.05, 4.69) is 0 Å². The number of nitrogens with two attached hydrogens (primary N) is 1. The van der Waals surface area contributed by atoms with Crippen LogP contribution in [0.15, 0.2) is 65.6 Å². The lowest BCUT2D eigenvalue weighted by Gasteiger charge is -2.21. The molecule has 3 N–H and O–H groups in total. The first-order valence-electron chi connectivity index (χ1n) is 9.16. The first-order valence-corrected chi connectivity index (χ1v) is 10.6. The van der Waals surface area contributed by atoms with Gasteiger partial charge in [0.25, 0.3) is 0 Å². The normalized spacial score (nSPS) is 12.0. The molecule has 31 heavy (non-hydrogen) atoms. The topological polar surface area (TPSA) is 98.8 Å². The summed E-state index contributed by atoms with van der Waals surface area (Å²) in [5.41, 5.74) is 8.65. The molecule has 0 spiro atoms. The minimum absolute atomic E-state index is 0.0351. The van der Waals surface area contributed by atoms with Crippen molar-refractivity contribution in [3.05, 3.63) is 77.1 Å². The number of aliphatic carboxylic acids is 1. The number of benzene rings is 3. The fraction of sp³-hybridized carbons (Fsp3) is 0.136. The van der Waals surface area contributed by atoms with Gasteiger partial charge in [0.15, 0.2) is 11.5 Å². The van der Waals surface area contributed by atoms with Crippen molar-refractivity contribution in [2.45, 2.75) is 11.4 Å². The number of carboxylic acid groups (broad SMARTS) is 1. The van der Waals surface area contributed by atoms with Gasteiger partial charge in [0.2, 0.25) is 0 Å². The van der Waals surface area contributed by atoms with Crippen molar-refractivity contribution in [2.24, 2.45) is 0 Å². The summed E-state index contributed by atoms with van der Waals surface area (Å²) < 4.78 is 33.5. The predicted molar refractivity (Wildman–Crippen MR) is 119 cm³/mol. The third-order valence-corrected chi connectivity index (χ3v) is 6.03. The maximum atomic E-state index is 13.7. The van der Waals surface area contributed by atoms with Gasteiger partial charge in [-0.3, -0.25) is 0 Å². The summed E-state index contributed by atoms with van der Waals surface area (Å²) in [6.07, 6.45) is 0. The van der Waals surface area contributed by atoms with E-state index in [1.54, 1.807) is 41.7 Å². The Labute approximate surface area is 187 Å². The number of hydrogen-bond acceptors (Lipinski definition) is 5. The van der Waals surface area contributed by atoms with E-state index in [9.17, 15) is 13.7 Å².